The molecule has 2 aromatic rings. The number of hydrogen-bond donors (Lipinski definition) is 1. The van der Waals surface area contributed by atoms with Gasteiger partial charge in [0.1, 0.15) is 0 Å². The van der Waals surface area contributed by atoms with Crippen molar-refractivity contribution < 1.29 is 0 Å². The van der Waals surface area contributed by atoms with Crippen LogP contribution in [0.2, 0.25) is 0 Å². The molecular weight excluding hydrogens is 216 g/mol. The van der Waals surface area contributed by atoms with E-state index in [0.717, 1.165) is 0 Å². The summed E-state index contributed by atoms with van der Waals surface area (Å²) in [6.45, 7) is 0. The van der Waals surface area contributed by atoms with Crippen molar-refractivity contribution in [3.63, 3.8) is 0 Å². The summed E-state index contributed by atoms with van der Waals surface area (Å²) in [4.78, 5) is 5.30. The van der Waals surface area contributed by atoms with Gasteiger partial charge in [-0.3, -0.25) is 4.98 Å². The molecule has 16 heavy (non-hydrogen) atoms. The summed E-state index contributed by atoms with van der Waals surface area (Å²) >= 11 is 1.66. The van der Waals surface area contributed by atoms with Crippen molar-refractivity contribution in [2.75, 3.05) is 0 Å². The first kappa shape index (κ1) is 10.00. The van der Waals surface area contributed by atoms with Crippen LogP contribution in [0.15, 0.2) is 42.0 Å². The van der Waals surface area contributed by atoms with Crippen LogP contribution in [0.1, 0.15) is 28.8 Å². The predicted octanol–water partition coefficient (Wildman–Crippen LogP) is 2.95. The molecule has 0 spiro atoms. The van der Waals surface area contributed by atoms with Gasteiger partial charge >= 0.3 is 0 Å². The summed E-state index contributed by atoms with van der Waals surface area (Å²) in [5.41, 5.74) is 9.52. The van der Waals surface area contributed by atoms with Crippen molar-refractivity contribution in [2.45, 2.75) is 18.4 Å². The molecule has 1 aromatic carbocycles. The lowest BCUT2D eigenvalue weighted by Gasteiger charge is -2.08. The largest absolute Gasteiger partial charge is 0.323 e. The Bertz CT molecular complexity index is 452. The molecule has 3 atom stereocenters. The Balaban J connectivity index is 1.73. The van der Waals surface area contributed by atoms with Gasteiger partial charge < -0.3 is 5.73 Å². The maximum atomic E-state index is 6.24. The average Bonchev–Trinajstić information content (AvgIpc) is 2.95. The lowest BCUT2D eigenvalue weighted by molar-refractivity contribution is 0.625. The predicted molar refractivity (Wildman–Crippen MR) is 66.3 cm³/mol. The third-order valence-electron chi connectivity index (χ3n) is 3.31. The molecule has 0 radical (unpaired) electrons. The maximum absolute atomic E-state index is 6.24. The van der Waals surface area contributed by atoms with Crippen LogP contribution in [0, 0.1) is 5.92 Å². The highest BCUT2D eigenvalue weighted by Gasteiger charge is 2.43. The number of rotatable bonds is 3. The third kappa shape index (κ3) is 1.77. The van der Waals surface area contributed by atoms with Crippen LogP contribution in [0.25, 0.3) is 0 Å². The van der Waals surface area contributed by atoms with Crippen molar-refractivity contribution in [3.8, 4) is 0 Å². The van der Waals surface area contributed by atoms with Gasteiger partial charge in [0.2, 0.25) is 0 Å². The van der Waals surface area contributed by atoms with E-state index in [1.807, 2.05) is 11.7 Å². The van der Waals surface area contributed by atoms with Gasteiger partial charge in [-0.05, 0) is 23.8 Å². The fourth-order valence-corrected chi connectivity index (χ4v) is 2.99. The van der Waals surface area contributed by atoms with Gasteiger partial charge in [-0.2, -0.15) is 0 Å². The maximum Gasteiger partial charge on any atom is 0.0794 e. The highest BCUT2D eigenvalue weighted by Crippen LogP contribution is 2.53. The molecule has 3 heteroatoms. The fraction of sp³-hybridized carbons (Fsp3) is 0.308. The van der Waals surface area contributed by atoms with Gasteiger partial charge in [0, 0.05) is 17.1 Å². The molecule has 2 N–H and O–H groups in total. The summed E-state index contributed by atoms with van der Waals surface area (Å²) < 4.78 is 0. The second-order valence-electron chi connectivity index (χ2n) is 4.35. The molecule has 1 aromatic heterocycles. The van der Waals surface area contributed by atoms with E-state index >= 15 is 0 Å². The van der Waals surface area contributed by atoms with Gasteiger partial charge in [-0.1, -0.05) is 30.3 Å². The zero-order valence-corrected chi connectivity index (χ0v) is 9.73. The molecule has 0 bridgehead atoms. The molecule has 1 fully saturated rings. The molecule has 1 aliphatic carbocycles. The topological polar surface area (TPSA) is 38.9 Å². The Kier molecular flexibility index (Phi) is 2.50. The zero-order chi connectivity index (χ0) is 11.0. The number of hydrogen-bond acceptors (Lipinski definition) is 3. The smallest absolute Gasteiger partial charge is 0.0794 e. The van der Waals surface area contributed by atoms with Gasteiger partial charge in [0.05, 0.1) is 5.51 Å². The molecule has 0 saturated heterocycles. The van der Waals surface area contributed by atoms with E-state index in [4.69, 9.17) is 5.73 Å². The van der Waals surface area contributed by atoms with E-state index < -0.39 is 0 Å². The van der Waals surface area contributed by atoms with E-state index in [9.17, 15) is 0 Å². The van der Waals surface area contributed by atoms with E-state index in [-0.39, 0.29) is 6.04 Å². The minimum absolute atomic E-state index is 0.165. The molecular formula is C13H14N2S. The second kappa shape index (κ2) is 4.00. The molecule has 1 aliphatic rings. The summed E-state index contributed by atoms with van der Waals surface area (Å²) in [5, 5.41) is 0. The van der Waals surface area contributed by atoms with Gasteiger partial charge in [0.15, 0.2) is 0 Å². The second-order valence-corrected chi connectivity index (χ2v) is 5.26. The van der Waals surface area contributed by atoms with Crippen molar-refractivity contribution >= 4 is 11.3 Å². The van der Waals surface area contributed by atoms with Crippen LogP contribution in [0.4, 0.5) is 0 Å². The molecule has 1 heterocycles. The fourth-order valence-electron chi connectivity index (χ4n) is 2.30. The summed E-state index contributed by atoms with van der Waals surface area (Å²) in [6.07, 6.45) is 3.11. The Morgan fingerprint density at radius 1 is 1.31 bits per heavy atom. The van der Waals surface area contributed by atoms with Gasteiger partial charge in [-0.25, -0.2) is 0 Å². The molecule has 2 nitrogen and oxygen atoms in total. The first-order valence-electron chi connectivity index (χ1n) is 5.55. The van der Waals surface area contributed by atoms with Crippen LogP contribution in [-0.4, -0.2) is 4.98 Å². The lowest BCUT2D eigenvalue weighted by Crippen LogP contribution is -2.11. The lowest BCUT2D eigenvalue weighted by atomic mass is 10.1. The third-order valence-corrected chi connectivity index (χ3v) is 4.19. The van der Waals surface area contributed by atoms with Crippen molar-refractivity contribution in [3.05, 3.63) is 52.5 Å². The average molecular weight is 230 g/mol. The Hall–Kier alpha value is -1.19. The molecule has 3 rings (SSSR count). The molecule has 0 aliphatic heterocycles. The summed E-state index contributed by atoms with van der Waals surface area (Å²) in [7, 11) is 0. The Morgan fingerprint density at radius 2 is 2.12 bits per heavy atom. The number of benzene rings is 1. The standard InChI is InChI=1S/C13H14N2S/c14-13(12-7-15-8-16-12)11-6-10(11)9-4-2-1-3-5-9/h1-5,7-8,10-11,13H,6,14H2. The molecule has 0 amide bonds. The molecule has 1 saturated carbocycles. The summed E-state index contributed by atoms with van der Waals surface area (Å²) in [6, 6.07) is 10.8. The minimum atomic E-state index is 0.165. The first-order chi connectivity index (χ1) is 7.86. The highest BCUT2D eigenvalue weighted by atomic mass is 32.1. The number of nitrogens with zero attached hydrogens (tertiary/aromatic N) is 1. The normalized spacial score (nSPS) is 25.3. The van der Waals surface area contributed by atoms with Gasteiger partial charge in [-0.15, -0.1) is 11.3 Å². The minimum Gasteiger partial charge on any atom is -0.323 e. The van der Waals surface area contributed by atoms with Gasteiger partial charge in [0.25, 0.3) is 0 Å². The van der Waals surface area contributed by atoms with E-state index in [1.54, 1.807) is 11.3 Å². The van der Waals surface area contributed by atoms with Crippen LogP contribution in [-0.2, 0) is 0 Å². The van der Waals surface area contributed by atoms with Crippen molar-refractivity contribution in [2.24, 2.45) is 11.7 Å². The van der Waals surface area contributed by atoms with Crippen LogP contribution < -0.4 is 5.73 Å². The summed E-state index contributed by atoms with van der Waals surface area (Å²) in [5.74, 6) is 1.25. The first-order valence-corrected chi connectivity index (χ1v) is 6.43. The van der Waals surface area contributed by atoms with Crippen molar-refractivity contribution in [1.82, 2.24) is 4.98 Å². The molecule has 82 valence electrons. The van der Waals surface area contributed by atoms with Crippen LogP contribution in [0.3, 0.4) is 0 Å². The number of aromatic nitrogens is 1. The zero-order valence-electron chi connectivity index (χ0n) is 8.91. The van der Waals surface area contributed by atoms with E-state index in [2.05, 4.69) is 35.3 Å². The molecule has 3 unspecified atom stereocenters. The van der Waals surface area contributed by atoms with Crippen LogP contribution in [0.5, 0.6) is 0 Å². The Labute approximate surface area is 99.1 Å². The van der Waals surface area contributed by atoms with Crippen LogP contribution >= 0.6 is 11.3 Å². The quantitative estimate of drug-likeness (QED) is 0.880. The number of thiazole rings is 1. The number of nitrogens with two attached hydrogens (primary N) is 1. The highest BCUT2D eigenvalue weighted by molar-refractivity contribution is 7.09. The SMILES string of the molecule is NC(c1cncs1)C1CC1c1ccccc1. The monoisotopic (exact) mass is 230 g/mol. The van der Waals surface area contributed by atoms with Crippen molar-refractivity contribution in [1.29, 1.82) is 0 Å². The van der Waals surface area contributed by atoms with E-state index in [0.29, 0.717) is 11.8 Å². The Morgan fingerprint density at radius 3 is 2.81 bits per heavy atom. The van der Waals surface area contributed by atoms with E-state index in [1.165, 1.54) is 16.9 Å².